The molecule has 9 heteroatoms. The van der Waals surface area contributed by atoms with Crippen molar-refractivity contribution in [2.75, 3.05) is 32.8 Å². The van der Waals surface area contributed by atoms with E-state index in [4.69, 9.17) is 4.99 Å². The number of hydrazine groups is 1. The smallest absolute Gasteiger partial charge is 0.245 e. The van der Waals surface area contributed by atoms with E-state index in [0.717, 1.165) is 64.2 Å². The monoisotopic (exact) mass is 494 g/mol. The van der Waals surface area contributed by atoms with Gasteiger partial charge < -0.3 is 10.2 Å². The molecule has 4 aliphatic rings. The minimum Gasteiger partial charge on any atom is -0.365 e. The van der Waals surface area contributed by atoms with E-state index >= 15 is 0 Å². The van der Waals surface area contributed by atoms with E-state index in [9.17, 15) is 4.79 Å². The van der Waals surface area contributed by atoms with Gasteiger partial charge in [0.2, 0.25) is 5.91 Å². The second-order valence-electron chi connectivity index (χ2n) is 12.4. The molecule has 196 valence electrons. The standard InChI is InChI=1S/C27H42N8O/c1-6-24(36)32-16-27(17-32)9-11-34(18-27)35-19-28-25(22-7-8-26(4,5)14-23(22)35)30-21(13-20(2)3)15-33-12-10-29-31-33/h6,10,12,20-21H,1,7-9,11,13-19H2,2-5H3,(H,28,30)/t21-/m0/s1. The molecule has 4 heterocycles. The second kappa shape index (κ2) is 9.65. The largest absolute Gasteiger partial charge is 0.365 e. The number of nitrogens with zero attached hydrogens (tertiary/aromatic N) is 7. The lowest BCUT2D eigenvalue weighted by Gasteiger charge is -2.49. The van der Waals surface area contributed by atoms with Crippen molar-refractivity contribution in [1.82, 2.24) is 35.2 Å². The Kier molecular flexibility index (Phi) is 6.70. The van der Waals surface area contributed by atoms with Crippen LogP contribution in [0.4, 0.5) is 0 Å². The Balaban J connectivity index is 1.33. The first-order valence-electron chi connectivity index (χ1n) is 13.5. The van der Waals surface area contributed by atoms with E-state index in [-0.39, 0.29) is 22.8 Å². The third kappa shape index (κ3) is 5.08. The summed E-state index contributed by atoms with van der Waals surface area (Å²) in [6.45, 7) is 18.1. The van der Waals surface area contributed by atoms with Gasteiger partial charge in [-0.15, -0.1) is 5.10 Å². The number of allylic oxidation sites excluding steroid dienone is 1. The van der Waals surface area contributed by atoms with Crippen LogP contribution in [0, 0.1) is 16.7 Å². The van der Waals surface area contributed by atoms with Crippen LogP contribution in [0.5, 0.6) is 0 Å². The van der Waals surface area contributed by atoms with Crippen LogP contribution in [-0.4, -0.2) is 80.5 Å². The molecule has 0 aromatic carbocycles. The minimum absolute atomic E-state index is 0.0539. The number of aliphatic imine (C=N–C) groups is 1. The summed E-state index contributed by atoms with van der Waals surface area (Å²) in [6, 6.07) is 0.249. The van der Waals surface area contributed by atoms with Crippen LogP contribution in [-0.2, 0) is 11.3 Å². The van der Waals surface area contributed by atoms with Gasteiger partial charge in [-0.25, -0.2) is 10.0 Å². The Morgan fingerprint density at radius 1 is 1.25 bits per heavy atom. The fraction of sp³-hybridized carbons (Fsp3) is 0.704. The summed E-state index contributed by atoms with van der Waals surface area (Å²) in [7, 11) is 0. The molecule has 1 spiro atoms. The number of rotatable bonds is 7. The van der Waals surface area contributed by atoms with Crippen LogP contribution >= 0.6 is 0 Å². The molecule has 0 saturated carbocycles. The van der Waals surface area contributed by atoms with E-state index in [1.807, 2.05) is 15.8 Å². The molecule has 1 aromatic rings. The zero-order valence-corrected chi connectivity index (χ0v) is 22.4. The highest BCUT2D eigenvalue weighted by atomic mass is 16.2. The minimum atomic E-state index is 0.0539. The summed E-state index contributed by atoms with van der Waals surface area (Å²) in [5.74, 6) is 1.70. The molecule has 2 saturated heterocycles. The molecule has 2 fully saturated rings. The number of hydrogen-bond acceptors (Lipinski definition) is 7. The number of carbonyl (C=O) groups is 1. The number of likely N-dealkylation sites (tertiary alicyclic amines) is 1. The van der Waals surface area contributed by atoms with Gasteiger partial charge in [-0.05, 0) is 49.5 Å². The van der Waals surface area contributed by atoms with Crippen LogP contribution in [0.3, 0.4) is 0 Å². The van der Waals surface area contributed by atoms with Gasteiger partial charge >= 0.3 is 0 Å². The maximum absolute atomic E-state index is 12.0. The molecule has 1 atom stereocenters. The third-order valence-electron chi connectivity index (χ3n) is 8.28. The lowest BCUT2D eigenvalue weighted by molar-refractivity contribution is -0.138. The average molecular weight is 495 g/mol. The van der Waals surface area contributed by atoms with E-state index in [1.54, 1.807) is 6.20 Å². The van der Waals surface area contributed by atoms with Crippen LogP contribution in [0.1, 0.15) is 59.8 Å². The van der Waals surface area contributed by atoms with E-state index in [2.05, 4.69) is 59.9 Å². The van der Waals surface area contributed by atoms with E-state index in [1.165, 1.54) is 23.8 Å². The number of carbonyl (C=O) groups excluding carboxylic acids is 1. The van der Waals surface area contributed by atoms with E-state index < -0.39 is 0 Å². The summed E-state index contributed by atoms with van der Waals surface area (Å²) < 4.78 is 1.91. The van der Waals surface area contributed by atoms with Crippen molar-refractivity contribution in [3.05, 3.63) is 36.3 Å². The predicted molar refractivity (Wildman–Crippen MR) is 141 cm³/mol. The molecular formula is C27H42N8O. The zero-order valence-electron chi connectivity index (χ0n) is 22.4. The first-order valence-corrected chi connectivity index (χ1v) is 13.5. The molecule has 0 bridgehead atoms. The molecule has 1 N–H and O–H groups in total. The number of hydrogen-bond donors (Lipinski definition) is 1. The average Bonchev–Trinajstić information content (AvgIpc) is 3.47. The fourth-order valence-electron chi connectivity index (χ4n) is 6.39. The Labute approximate surface area is 215 Å². The highest BCUT2D eigenvalue weighted by Gasteiger charge is 2.50. The molecule has 0 radical (unpaired) electrons. The highest BCUT2D eigenvalue weighted by Crippen LogP contribution is 2.45. The molecule has 3 aliphatic heterocycles. The predicted octanol–water partition coefficient (Wildman–Crippen LogP) is 3.05. The summed E-state index contributed by atoms with van der Waals surface area (Å²) in [5, 5.41) is 17.0. The number of aromatic nitrogens is 3. The molecule has 1 amide bonds. The molecule has 1 aliphatic carbocycles. The van der Waals surface area contributed by atoms with Crippen molar-refractivity contribution >= 4 is 11.7 Å². The molecule has 36 heavy (non-hydrogen) atoms. The molecule has 1 aromatic heterocycles. The third-order valence-corrected chi connectivity index (χ3v) is 8.28. The molecule has 9 nitrogen and oxygen atoms in total. The topological polar surface area (TPSA) is 81.9 Å². The Morgan fingerprint density at radius 3 is 2.75 bits per heavy atom. The lowest BCUT2D eigenvalue weighted by atomic mass is 9.75. The van der Waals surface area contributed by atoms with Gasteiger partial charge in [-0.3, -0.25) is 14.5 Å². The Morgan fingerprint density at radius 2 is 2.06 bits per heavy atom. The Hall–Kier alpha value is -2.68. The van der Waals surface area contributed by atoms with Crippen LogP contribution in [0.2, 0.25) is 0 Å². The first-order chi connectivity index (χ1) is 17.2. The van der Waals surface area contributed by atoms with Gasteiger partial charge in [0.05, 0.1) is 12.7 Å². The van der Waals surface area contributed by atoms with Gasteiger partial charge in [-0.1, -0.05) is 39.5 Å². The zero-order chi connectivity index (χ0) is 25.5. The number of nitrogens with one attached hydrogen (secondary N) is 1. The maximum atomic E-state index is 12.0. The first kappa shape index (κ1) is 25.0. The SMILES string of the molecule is C=CC(=O)N1CC2(CCN(N3CN=C(N[C@@H](CC(C)C)Cn4ccnn4)C4=C3CC(C)(C)CC4)C2)C1. The van der Waals surface area contributed by atoms with Gasteiger partial charge in [0.25, 0.3) is 0 Å². The molecule has 0 unspecified atom stereocenters. The van der Waals surface area contributed by atoms with Crippen molar-refractivity contribution < 1.29 is 4.79 Å². The van der Waals surface area contributed by atoms with Gasteiger partial charge in [0.15, 0.2) is 0 Å². The van der Waals surface area contributed by atoms with Crippen molar-refractivity contribution in [3.63, 3.8) is 0 Å². The van der Waals surface area contributed by atoms with E-state index in [0.29, 0.717) is 12.6 Å². The summed E-state index contributed by atoms with van der Waals surface area (Å²) in [6.07, 6.45) is 10.6. The normalized spacial score (nSPS) is 24.0. The number of amidine groups is 1. The van der Waals surface area contributed by atoms with Crippen molar-refractivity contribution in [2.45, 2.75) is 72.4 Å². The van der Waals surface area contributed by atoms with Crippen LogP contribution in [0.15, 0.2) is 41.3 Å². The second-order valence-corrected chi connectivity index (χ2v) is 12.4. The number of amides is 1. The lowest BCUT2D eigenvalue weighted by Crippen LogP contribution is -2.60. The van der Waals surface area contributed by atoms with Crippen molar-refractivity contribution in [3.8, 4) is 0 Å². The van der Waals surface area contributed by atoms with Crippen LogP contribution in [0.25, 0.3) is 0 Å². The molecule has 5 rings (SSSR count). The summed E-state index contributed by atoms with van der Waals surface area (Å²) in [5.41, 5.74) is 3.30. The quantitative estimate of drug-likeness (QED) is 0.587. The van der Waals surface area contributed by atoms with Crippen LogP contribution < -0.4 is 5.32 Å². The van der Waals surface area contributed by atoms with Crippen molar-refractivity contribution in [2.24, 2.45) is 21.7 Å². The Bertz CT molecular complexity index is 1030. The van der Waals surface area contributed by atoms with Crippen molar-refractivity contribution in [1.29, 1.82) is 0 Å². The summed E-state index contributed by atoms with van der Waals surface area (Å²) in [4.78, 5) is 19.1. The van der Waals surface area contributed by atoms with Gasteiger partial charge in [0, 0.05) is 55.1 Å². The molecular weight excluding hydrogens is 452 g/mol. The fourth-order valence-corrected chi connectivity index (χ4v) is 6.39. The van der Waals surface area contributed by atoms with Gasteiger partial charge in [0.1, 0.15) is 12.5 Å². The maximum Gasteiger partial charge on any atom is 0.245 e. The highest BCUT2D eigenvalue weighted by molar-refractivity contribution is 5.99. The van der Waals surface area contributed by atoms with Gasteiger partial charge in [-0.2, -0.15) is 0 Å². The summed E-state index contributed by atoms with van der Waals surface area (Å²) >= 11 is 0.